The lowest BCUT2D eigenvalue weighted by molar-refractivity contribution is -0.145. The maximum absolute atomic E-state index is 12.3. The molecule has 1 aromatic carbocycles. The Kier molecular flexibility index (Phi) is 5.01. The fraction of sp³-hybridized carbons (Fsp3) is 0.333. The van der Waals surface area contributed by atoms with Crippen LogP contribution in [0.15, 0.2) is 31.9 Å². The monoisotopic (exact) mass is 358 g/mol. The van der Waals surface area contributed by atoms with Crippen LogP contribution in [0.25, 0.3) is 11.0 Å². The van der Waals surface area contributed by atoms with Crippen molar-refractivity contribution in [2.75, 3.05) is 7.11 Å². The average molecular weight is 358 g/mol. The Morgan fingerprint density at radius 2 is 2.08 bits per heavy atom. The van der Waals surface area contributed by atoms with Gasteiger partial charge in [0.1, 0.15) is 11.3 Å². The molecule has 26 heavy (non-hydrogen) atoms. The van der Waals surface area contributed by atoms with Gasteiger partial charge in [-0.3, -0.25) is 4.79 Å². The van der Waals surface area contributed by atoms with E-state index >= 15 is 0 Å². The zero-order valence-electron chi connectivity index (χ0n) is 14.7. The molecule has 2 aromatic heterocycles. The van der Waals surface area contributed by atoms with Gasteiger partial charge in [0, 0.05) is 23.4 Å². The Morgan fingerprint density at radius 1 is 1.27 bits per heavy atom. The molecule has 0 unspecified atom stereocenters. The van der Waals surface area contributed by atoms with E-state index in [9.17, 15) is 9.59 Å². The van der Waals surface area contributed by atoms with Crippen molar-refractivity contribution in [3.8, 4) is 5.75 Å². The summed E-state index contributed by atoms with van der Waals surface area (Å²) < 4.78 is 20.4. The smallest absolute Gasteiger partial charge is 0.339 e. The molecular weight excluding hydrogens is 340 g/mol. The van der Waals surface area contributed by atoms with Gasteiger partial charge in [0.2, 0.25) is 0 Å². The Labute approximate surface area is 148 Å². The summed E-state index contributed by atoms with van der Waals surface area (Å²) in [5, 5.41) is 4.41. The van der Waals surface area contributed by atoms with Gasteiger partial charge in [0.15, 0.2) is 12.4 Å². The highest BCUT2D eigenvalue weighted by Gasteiger charge is 2.15. The van der Waals surface area contributed by atoms with Crippen LogP contribution in [0.5, 0.6) is 5.75 Å². The van der Waals surface area contributed by atoms with E-state index in [4.69, 9.17) is 18.4 Å². The number of fused-ring (bicyclic) bond motifs is 1. The maximum atomic E-state index is 12.3. The lowest BCUT2D eigenvalue weighted by Crippen LogP contribution is -2.14. The third-order valence-electron chi connectivity index (χ3n) is 4.00. The number of carbonyl (C=O) groups is 1. The van der Waals surface area contributed by atoms with Crippen LogP contribution in [-0.2, 0) is 22.6 Å². The van der Waals surface area contributed by atoms with Crippen molar-refractivity contribution in [3.63, 3.8) is 0 Å². The van der Waals surface area contributed by atoms with E-state index in [0.717, 1.165) is 10.9 Å². The van der Waals surface area contributed by atoms with Crippen LogP contribution in [0.4, 0.5) is 0 Å². The normalized spacial score (nSPS) is 10.9. The van der Waals surface area contributed by atoms with Gasteiger partial charge in [-0.1, -0.05) is 5.16 Å². The second-order valence-corrected chi connectivity index (χ2v) is 5.75. The van der Waals surface area contributed by atoms with Gasteiger partial charge in [-0.15, -0.1) is 0 Å². The topological polar surface area (TPSA) is 105 Å². The molecule has 8 heteroatoms. The van der Waals surface area contributed by atoms with Crippen LogP contribution in [0, 0.1) is 13.8 Å². The van der Waals surface area contributed by atoms with E-state index in [2.05, 4.69) is 10.1 Å². The van der Waals surface area contributed by atoms with Crippen molar-refractivity contribution in [2.45, 2.75) is 33.3 Å². The highest BCUT2D eigenvalue weighted by atomic mass is 16.6. The number of aryl methyl sites for hydroxylation is 2. The molecule has 0 saturated carbocycles. The van der Waals surface area contributed by atoms with E-state index < -0.39 is 11.6 Å². The van der Waals surface area contributed by atoms with Gasteiger partial charge < -0.3 is 18.4 Å². The van der Waals surface area contributed by atoms with E-state index in [1.54, 1.807) is 26.2 Å². The number of aromatic nitrogens is 2. The van der Waals surface area contributed by atoms with Crippen molar-refractivity contribution < 1.29 is 23.2 Å². The SMILES string of the molecule is COc1ccc2c(C)c(CCC(=O)OCc3nc(C)no3)c(=O)oc2c1. The zero-order valence-corrected chi connectivity index (χ0v) is 14.7. The summed E-state index contributed by atoms with van der Waals surface area (Å²) in [5.41, 5.74) is 1.21. The molecule has 0 atom stereocenters. The number of esters is 1. The summed E-state index contributed by atoms with van der Waals surface area (Å²) in [6.07, 6.45) is 0.262. The quantitative estimate of drug-likeness (QED) is 0.489. The predicted molar refractivity (Wildman–Crippen MR) is 90.9 cm³/mol. The van der Waals surface area contributed by atoms with Gasteiger partial charge in [-0.2, -0.15) is 4.98 Å². The first-order chi connectivity index (χ1) is 12.5. The van der Waals surface area contributed by atoms with E-state index in [-0.39, 0.29) is 25.3 Å². The molecule has 0 spiro atoms. The summed E-state index contributed by atoms with van der Waals surface area (Å²) in [7, 11) is 1.54. The first-order valence-electron chi connectivity index (χ1n) is 8.03. The molecular formula is C18H18N2O6. The first kappa shape index (κ1) is 17.7. The largest absolute Gasteiger partial charge is 0.497 e. The lowest BCUT2D eigenvalue weighted by atomic mass is 10.0. The number of benzene rings is 1. The molecule has 0 radical (unpaired) electrons. The van der Waals surface area contributed by atoms with Crippen LogP contribution < -0.4 is 10.4 Å². The Balaban J connectivity index is 1.70. The molecule has 0 amide bonds. The van der Waals surface area contributed by atoms with E-state index in [0.29, 0.717) is 22.7 Å². The Morgan fingerprint density at radius 3 is 2.77 bits per heavy atom. The van der Waals surface area contributed by atoms with Gasteiger partial charge >= 0.3 is 11.6 Å². The number of hydrogen-bond acceptors (Lipinski definition) is 8. The van der Waals surface area contributed by atoms with Crippen LogP contribution >= 0.6 is 0 Å². The molecule has 0 aliphatic heterocycles. The number of methoxy groups -OCH3 is 1. The van der Waals surface area contributed by atoms with E-state index in [1.165, 1.54) is 0 Å². The van der Waals surface area contributed by atoms with Gasteiger partial charge in [0.25, 0.3) is 5.89 Å². The van der Waals surface area contributed by atoms with Crippen LogP contribution in [-0.4, -0.2) is 23.2 Å². The summed E-state index contributed by atoms with van der Waals surface area (Å²) >= 11 is 0. The fourth-order valence-electron chi connectivity index (χ4n) is 2.63. The molecule has 0 N–H and O–H groups in total. The second kappa shape index (κ2) is 7.38. The summed E-state index contributed by atoms with van der Waals surface area (Å²) in [6.45, 7) is 3.41. The van der Waals surface area contributed by atoms with Crippen molar-refractivity contribution >= 4 is 16.9 Å². The number of rotatable bonds is 6. The second-order valence-electron chi connectivity index (χ2n) is 5.75. The fourth-order valence-corrected chi connectivity index (χ4v) is 2.63. The third-order valence-corrected chi connectivity index (χ3v) is 4.00. The molecule has 0 bridgehead atoms. The van der Waals surface area contributed by atoms with Crippen molar-refractivity contribution in [1.29, 1.82) is 0 Å². The summed E-state index contributed by atoms with van der Waals surface area (Å²) in [4.78, 5) is 28.1. The molecule has 3 aromatic rings. The standard InChI is InChI=1S/C18H18N2O6/c1-10-13-5-4-12(23-3)8-15(13)25-18(22)14(10)6-7-17(21)24-9-16-19-11(2)20-26-16/h4-5,8H,6-7,9H2,1-3H3. The molecule has 0 aliphatic rings. The molecule has 2 heterocycles. The van der Waals surface area contributed by atoms with Gasteiger partial charge in [0.05, 0.1) is 7.11 Å². The first-order valence-corrected chi connectivity index (χ1v) is 8.03. The molecule has 8 nitrogen and oxygen atoms in total. The molecule has 0 fully saturated rings. The zero-order chi connectivity index (χ0) is 18.7. The minimum absolute atomic E-state index is 0.0420. The lowest BCUT2D eigenvalue weighted by Gasteiger charge is -2.08. The van der Waals surface area contributed by atoms with Crippen LogP contribution in [0.2, 0.25) is 0 Å². The molecule has 0 aliphatic carbocycles. The average Bonchev–Trinajstić information content (AvgIpc) is 3.04. The third kappa shape index (κ3) is 3.74. The number of carbonyl (C=O) groups excluding carboxylic acids is 1. The van der Waals surface area contributed by atoms with Crippen LogP contribution in [0.1, 0.15) is 29.3 Å². The molecule has 136 valence electrons. The van der Waals surface area contributed by atoms with Crippen molar-refractivity contribution in [3.05, 3.63) is 51.5 Å². The van der Waals surface area contributed by atoms with Gasteiger partial charge in [-0.05, 0) is 38.0 Å². The molecule has 3 rings (SSSR count). The van der Waals surface area contributed by atoms with Crippen molar-refractivity contribution in [1.82, 2.24) is 10.1 Å². The highest BCUT2D eigenvalue weighted by Crippen LogP contribution is 2.24. The van der Waals surface area contributed by atoms with Crippen molar-refractivity contribution in [2.24, 2.45) is 0 Å². The van der Waals surface area contributed by atoms with E-state index in [1.807, 2.05) is 13.0 Å². The minimum atomic E-state index is -0.469. The summed E-state index contributed by atoms with van der Waals surface area (Å²) in [5.74, 6) is 0.838. The number of ether oxygens (including phenoxy) is 2. The number of nitrogens with zero attached hydrogens (tertiary/aromatic N) is 2. The van der Waals surface area contributed by atoms with Gasteiger partial charge in [-0.25, -0.2) is 4.79 Å². The maximum Gasteiger partial charge on any atom is 0.339 e. The minimum Gasteiger partial charge on any atom is -0.497 e. The highest BCUT2D eigenvalue weighted by molar-refractivity contribution is 5.82. The predicted octanol–water partition coefficient (Wildman–Crippen LogP) is 2.48. The number of hydrogen-bond donors (Lipinski definition) is 0. The Hall–Kier alpha value is -3.16. The molecule has 0 saturated heterocycles. The summed E-state index contributed by atoms with van der Waals surface area (Å²) in [6, 6.07) is 5.28. The van der Waals surface area contributed by atoms with Crippen LogP contribution in [0.3, 0.4) is 0 Å². The Bertz CT molecular complexity index is 1000.